The molecule has 0 saturated carbocycles. The fourth-order valence-electron chi connectivity index (χ4n) is 3.04. The van der Waals surface area contributed by atoms with Crippen molar-refractivity contribution in [2.45, 2.75) is 33.6 Å². The number of carbonyl (C=O) groups excluding carboxylic acids is 1. The minimum absolute atomic E-state index is 0.0377. The molecular weight excluding hydrogens is 290 g/mol. The minimum Gasteiger partial charge on any atom is -0.492 e. The maximum absolute atomic E-state index is 12.1. The smallest absolute Gasteiger partial charge is 0.225 e. The third-order valence-electron chi connectivity index (χ3n) is 4.23. The maximum Gasteiger partial charge on any atom is 0.225 e. The van der Waals surface area contributed by atoms with Crippen molar-refractivity contribution in [3.63, 3.8) is 0 Å². The molecule has 5 heteroatoms. The Labute approximate surface area is 138 Å². The second kappa shape index (κ2) is 7.49. The summed E-state index contributed by atoms with van der Waals surface area (Å²) in [5.74, 6) is 1.24. The molecular formula is C18H27N3O2. The second-order valence-corrected chi connectivity index (χ2v) is 6.60. The van der Waals surface area contributed by atoms with Gasteiger partial charge in [0.2, 0.25) is 5.91 Å². The Balaban J connectivity index is 2.00. The van der Waals surface area contributed by atoms with Crippen LogP contribution in [0.1, 0.15) is 39.2 Å². The number of hydrogen-bond donors (Lipinski definition) is 2. The van der Waals surface area contributed by atoms with Gasteiger partial charge in [0.1, 0.15) is 5.75 Å². The summed E-state index contributed by atoms with van der Waals surface area (Å²) in [5, 5.41) is 7.86. The molecule has 5 nitrogen and oxygen atoms in total. The van der Waals surface area contributed by atoms with Gasteiger partial charge in [0.05, 0.1) is 12.2 Å². The molecule has 1 heterocycles. The number of piperidine rings is 1. The highest BCUT2D eigenvalue weighted by Gasteiger charge is 2.25. The van der Waals surface area contributed by atoms with Crippen LogP contribution in [0.2, 0.25) is 0 Å². The van der Waals surface area contributed by atoms with Crippen LogP contribution in [0.15, 0.2) is 18.2 Å². The molecule has 1 unspecified atom stereocenters. The molecule has 23 heavy (non-hydrogen) atoms. The summed E-state index contributed by atoms with van der Waals surface area (Å²) < 4.78 is 5.95. The molecule has 2 rings (SSSR count). The Morgan fingerprint density at radius 2 is 2.22 bits per heavy atom. The Bertz CT molecular complexity index is 584. The predicted molar refractivity (Wildman–Crippen MR) is 93.0 cm³/mol. The number of nitrogens with zero attached hydrogens (tertiary/aromatic N) is 1. The SMILES string of the molecule is CC(=N)c1c(N)cccc1OCC1CCCN(C(=O)C(C)C)C1. The van der Waals surface area contributed by atoms with E-state index in [2.05, 4.69) is 0 Å². The van der Waals surface area contributed by atoms with E-state index in [-0.39, 0.29) is 11.8 Å². The van der Waals surface area contributed by atoms with Gasteiger partial charge in [-0.2, -0.15) is 0 Å². The fourth-order valence-corrected chi connectivity index (χ4v) is 3.04. The monoisotopic (exact) mass is 317 g/mol. The van der Waals surface area contributed by atoms with Crippen LogP contribution in [0.5, 0.6) is 5.75 Å². The largest absolute Gasteiger partial charge is 0.492 e. The van der Waals surface area contributed by atoms with E-state index in [1.807, 2.05) is 30.9 Å². The summed E-state index contributed by atoms with van der Waals surface area (Å²) >= 11 is 0. The van der Waals surface area contributed by atoms with Gasteiger partial charge in [-0.25, -0.2) is 0 Å². The number of nitrogens with two attached hydrogens (primary N) is 1. The van der Waals surface area contributed by atoms with Crippen LogP contribution in [-0.2, 0) is 4.79 Å². The lowest BCUT2D eigenvalue weighted by atomic mass is 9.97. The molecule has 0 spiro atoms. The quantitative estimate of drug-likeness (QED) is 0.647. The van der Waals surface area contributed by atoms with Crippen LogP contribution in [0.4, 0.5) is 5.69 Å². The van der Waals surface area contributed by atoms with Gasteiger partial charge in [-0.3, -0.25) is 4.79 Å². The number of anilines is 1. The van der Waals surface area contributed by atoms with E-state index in [1.165, 1.54) is 0 Å². The van der Waals surface area contributed by atoms with Crippen molar-refractivity contribution in [1.82, 2.24) is 4.90 Å². The molecule has 1 atom stereocenters. The minimum atomic E-state index is 0.0377. The van der Waals surface area contributed by atoms with E-state index in [4.69, 9.17) is 15.9 Å². The summed E-state index contributed by atoms with van der Waals surface area (Å²) in [6.45, 7) is 7.73. The highest BCUT2D eigenvalue weighted by atomic mass is 16.5. The van der Waals surface area contributed by atoms with Crippen LogP contribution in [-0.4, -0.2) is 36.2 Å². The van der Waals surface area contributed by atoms with E-state index in [0.29, 0.717) is 35.2 Å². The summed E-state index contributed by atoms with van der Waals surface area (Å²) in [6.07, 6.45) is 2.07. The summed E-state index contributed by atoms with van der Waals surface area (Å²) in [7, 11) is 0. The first-order valence-corrected chi connectivity index (χ1v) is 8.25. The van der Waals surface area contributed by atoms with Crippen molar-refractivity contribution >= 4 is 17.3 Å². The molecule has 1 aromatic rings. The fraction of sp³-hybridized carbons (Fsp3) is 0.556. The molecule has 1 amide bonds. The molecule has 3 N–H and O–H groups in total. The van der Waals surface area contributed by atoms with Gasteiger partial charge in [-0.15, -0.1) is 0 Å². The number of nitrogen functional groups attached to an aromatic ring is 1. The zero-order valence-corrected chi connectivity index (χ0v) is 14.3. The van der Waals surface area contributed by atoms with Crippen molar-refractivity contribution < 1.29 is 9.53 Å². The van der Waals surface area contributed by atoms with Crippen molar-refractivity contribution in [3.05, 3.63) is 23.8 Å². The van der Waals surface area contributed by atoms with Gasteiger partial charge in [0.25, 0.3) is 0 Å². The van der Waals surface area contributed by atoms with Gasteiger partial charge in [-0.1, -0.05) is 19.9 Å². The Kier molecular flexibility index (Phi) is 5.64. The summed E-state index contributed by atoms with van der Waals surface area (Å²) in [5.41, 5.74) is 7.58. The molecule has 1 aliphatic heterocycles. The van der Waals surface area contributed by atoms with E-state index in [0.717, 1.165) is 25.9 Å². The highest BCUT2D eigenvalue weighted by molar-refractivity contribution is 6.03. The molecule has 1 saturated heterocycles. The van der Waals surface area contributed by atoms with Gasteiger partial charge in [0, 0.05) is 36.3 Å². The molecule has 0 aromatic heterocycles. The van der Waals surface area contributed by atoms with E-state index in [9.17, 15) is 4.79 Å². The molecule has 126 valence electrons. The lowest BCUT2D eigenvalue weighted by Crippen LogP contribution is -2.43. The van der Waals surface area contributed by atoms with Crippen molar-refractivity contribution in [2.75, 3.05) is 25.4 Å². The molecule has 1 aromatic carbocycles. The normalized spacial score (nSPS) is 18.1. The van der Waals surface area contributed by atoms with Gasteiger partial charge >= 0.3 is 0 Å². The number of carbonyl (C=O) groups is 1. The zero-order valence-electron chi connectivity index (χ0n) is 14.3. The molecule has 0 aliphatic carbocycles. The standard InChI is InChI=1S/C18H27N3O2/c1-12(2)18(22)21-9-5-6-14(10-21)11-23-16-8-4-7-15(20)17(16)13(3)19/h4,7-8,12,14,19H,5-6,9-11,20H2,1-3H3. The van der Waals surface area contributed by atoms with E-state index < -0.39 is 0 Å². The predicted octanol–water partition coefficient (Wildman–Crippen LogP) is 2.93. The number of ether oxygens (including phenoxy) is 1. The first-order valence-electron chi connectivity index (χ1n) is 8.25. The van der Waals surface area contributed by atoms with Crippen LogP contribution in [0, 0.1) is 17.2 Å². The van der Waals surface area contributed by atoms with Gasteiger partial charge in [0.15, 0.2) is 0 Å². The molecule has 1 fully saturated rings. The van der Waals surface area contributed by atoms with Crippen LogP contribution in [0.3, 0.4) is 0 Å². The maximum atomic E-state index is 12.1. The van der Waals surface area contributed by atoms with Crippen LogP contribution in [0.25, 0.3) is 0 Å². The van der Waals surface area contributed by atoms with Crippen molar-refractivity contribution in [3.8, 4) is 5.75 Å². The van der Waals surface area contributed by atoms with Crippen LogP contribution < -0.4 is 10.5 Å². The molecule has 0 radical (unpaired) electrons. The summed E-state index contributed by atoms with van der Waals surface area (Å²) in [4.78, 5) is 14.1. The molecule has 1 aliphatic rings. The average molecular weight is 317 g/mol. The zero-order chi connectivity index (χ0) is 17.0. The number of hydrogen-bond acceptors (Lipinski definition) is 4. The Hall–Kier alpha value is -2.04. The number of amides is 1. The lowest BCUT2D eigenvalue weighted by Gasteiger charge is -2.33. The van der Waals surface area contributed by atoms with E-state index in [1.54, 1.807) is 13.0 Å². The lowest BCUT2D eigenvalue weighted by molar-refractivity contribution is -0.136. The Morgan fingerprint density at radius 3 is 2.87 bits per heavy atom. The topological polar surface area (TPSA) is 79.4 Å². The van der Waals surface area contributed by atoms with Gasteiger partial charge < -0.3 is 20.8 Å². The third-order valence-corrected chi connectivity index (χ3v) is 4.23. The first-order chi connectivity index (χ1) is 10.9. The van der Waals surface area contributed by atoms with Crippen molar-refractivity contribution in [1.29, 1.82) is 5.41 Å². The Morgan fingerprint density at radius 1 is 1.48 bits per heavy atom. The second-order valence-electron chi connectivity index (χ2n) is 6.60. The number of nitrogens with one attached hydrogen (secondary N) is 1. The first kappa shape index (κ1) is 17.3. The molecule has 0 bridgehead atoms. The van der Waals surface area contributed by atoms with Crippen molar-refractivity contribution in [2.24, 2.45) is 11.8 Å². The third kappa shape index (κ3) is 4.24. The van der Waals surface area contributed by atoms with Crippen LogP contribution >= 0.6 is 0 Å². The average Bonchev–Trinajstić information content (AvgIpc) is 2.52. The highest BCUT2D eigenvalue weighted by Crippen LogP contribution is 2.26. The summed E-state index contributed by atoms with van der Waals surface area (Å²) in [6, 6.07) is 5.47. The number of benzene rings is 1. The van der Waals surface area contributed by atoms with E-state index >= 15 is 0 Å². The van der Waals surface area contributed by atoms with Gasteiger partial charge in [-0.05, 0) is 31.9 Å². The number of rotatable bonds is 5. The number of likely N-dealkylation sites (tertiary alicyclic amines) is 1.